The van der Waals surface area contributed by atoms with Gasteiger partial charge in [0.05, 0.1) is 6.72 Å². The van der Waals surface area contributed by atoms with Crippen molar-refractivity contribution >= 4 is 18.0 Å². The second-order valence-electron chi connectivity index (χ2n) is 5.33. The van der Waals surface area contributed by atoms with E-state index in [0.717, 1.165) is 5.70 Å². The zero-order valence-electron chi connectivity index (χ0n) is 12.5. The van der Waals surface area contributed by atoms with Crippen LogP contribution in [-0.2, 0) is 0 Å². The molecule has 2 aromatic carbocycles. The van der Waals surface area contributed by atoms with Crippen molar-refractivity contribution in [2.45, 2.75) is 13.8 Å². The second-order valence-corrected chi connectivity index (χ2v) is 5.33. The summed E-state index contributed by atoms with van der Waals surface area (Å²) in [6.07, 6.45) is 4.35. The number of rotatable bonds is 2. The van der Waals surface area contributed by atoms with Gasteiger partial charge in [-0.1, -0.05) is 71.8 Å². The third kappa shape index (κ3) is 2.43. The summed E-state index contributed by atoms with van der Waals surface area (Å²) < 4.78 is 2.03. The van der Waals surface area contributed by atoms with E-state index in [9.17, 15) is 0 Å². The number of allylic oxidation sites excluding steroid dienone is 2. The smallest absolute Gasteiger partial charge is 0.148 e. The Morgan fingerprint density at radius 2 is 1.57 bits per heavy atom. The van der Waals surface area contributed by atoms with Crippen molar-refractivity contribution in [3.05, 3.63) is 89.5 Å². The fourth-order valence-corrected chi connectivity index (χ4v) is 2.72. The molecule has 1 nitrogen and oxygen atoms in total. The second kappa shape index (κ2) is 5.45. The molecule has 104 valence electrons. The van der Waals surface area contributed by atoms with Crippen molar-refractivity contribution in [3.63, 3.8) is 0 Å². The molecule has 0 saturated carbocycles. The predicted molar refractivity (Wildman–Crippen MR) is 89.9 cm³/mol. The van der Waals surface area contributed by atoms with Crippen LogP contribution in [0.25, 0.3) is 11.3 Å². The van der Waals surface area contributed by atoms with E-state index in [0.29, 0.717) is 0 Å². The third-order valence-electron chi connectivity index (χ3n) is 4.00. The minimum Gasteiger partial charge on any atom is -0.268 e. The molecule has 0 aliphatic carbocycles. The molecule has 1 heteroatoms. The van der Waals surface area contributed by atoms with Crippen LogP contribution >= 0.6 is 0 Å². The summed E-state index contributed by atoms with van der Waals surface area (Å²) in [5, 5.41) is 0. The SMILES string of the molecule is C=[N+]1C(c2ccccc2C)=CC=C(c2ccccc2)[C-]1C. The van der Waals surface area contributed by atoms with Crippen LogP contribution in [0.15, 0.2) is 66.7 Å². The van der Waals surface area contributed by atoms with Crippen LogP contribution in [0.5, 0.6) is 0 Å². The van der Waals surface area contributed by atoms with Crippen LogP contribution in [0, 0.1) is 13.0 Å². The zero-order chi connectivity index (χ0) is 14.8. The van der Waals surface area contributed by atoms with E-state index in [1.807, 2.05) is 10.6 Å². The molecule has 0 bridgehead atoms. The number of aryl methyl sites for hydroxylation is 1. The van der Waals surface area contributed by atoms with E-state index in [1.54, 1.807) is 0 Å². The highest BCUT2D eigenvalue weighted by Crippen LogP contribution is 2.34. The summed E-state index contributed by atoms with van der Waals surface area (Å²) in [5.74, 6) is 0. The summed E-state index contributed by atoms with van der Waals surface area (Å²) in [7, 11) is 0. The van der Waals surface area contributed by atoms with E-state index < -0.39 is 0 Å². The average molecular weight is 273 g/mol. The Labute approximate surface area is 126 Å². The summed E-state index contributed by atoms with van der Waals surface area (Å²) in [6, 6.07) is 20.0. The lowest BCUT2D eigenvalue weighted by atomic mass is 9.93. The van der Waals surface area contributed by atoms with Gasteiger partial charge in [-0.25, -0.2) is 0 Å². The van der Waals surface area contributed by atoms with Gasteiger partial charge in [-0.3, -0.25) is 4.58 Å². The molecule has 0 amide bonds. The molecular weight excluding hydrogens is 254 g/mol. The number of hydrogen-bond donors (Lipinski definition) is 0. The minimum atomic E-state index is 1.14. The molecule has 0 atom stereocenters. The molecule has 1 aliphatic rings. The number of hydrogen-bond acceptors (Lipinski definition) is 0. The summed E-state index contributed by atoms with van der Waals surface area (Å²) in [4.78, 5) is 0. The minimum absolute atomic E-state index is 1.14. The maximum absolute atomic E-state index is 4.24. The number of benzene rings is 2. The van der Waals surface area contributed by atoms with Gasteiger partial charge in [-0.15, -0.1) is 6.08 Å². The van der Waals surface area contributed by atoms with Crippen molar-refractivity contribution in [2.75, 3.05) is 0 Å². The van der Waals surface area contributed by atoms with Crippen molar-refractivity contribution < 1.29 is 4.58 Å². The lowest BCUT2D eigenvalue weighted by Gasteiger charge is -2.26. The lowest BCUT2D eigenvalue weighted by molar-refractivity contribution is -0.394. The standard InChI is InChI=1S/C20H19N/c1-15-9-7-8-12-18(15)20-14-13-19(16(2)21(20)3)17-10-5-4-6-11-17/h4-14H,3H2,1-2H3. The fourth-order valence-electron chi connectivity index (χ4n) is 2.72. The molecule has 0 unspecified atom stereocenters. The first-order valence-electron chi connectivity index (χ1n) is 7.16. The molecule has 1 aliphatic heterocycles. The van der Waals surface area contributed by atoms with Gasteiger partial charge < -0.3 is 0 Å². The van der Waals surface area contributed by atoms with Gasteiger partial charge in [-0.05, 0) is 19.4 Å². The molecule has 0 saturated heterocycles. The van der Waals surface area contributed by atoms with Gasteiger partial charge in [0.15, 0.2) is 0 Å². The van der Waals surface area contributed by atoms with Gasteiger partial charge in [0.2, 0.25) is 0 Å². The lowest BCUT2D eigenvalue weighted by Crippen LogP contribution is -2.18. The van der Waals surface area contributed by atoms with Crippen LogP contribution in [0.1, 0.15) is 23.6 Å². The Balaban J connectivity index is 2.06. The molecule has 3 rings (SSSR count). The molecule has 21 heavy (non-hydrogen) atoms. The first kappa shape index (κ1) is 13.4. The van der Waals surface area contributed by atoms with Crippen molar-refractivity contribution in [1.82, 2.24) is 0 Å². The van der Waals surface area contributed by atoms with Gasteiger partial charge in [0, 0.05) is 5.56 Å². The van der Waals surface area contributed by atoms with E-state index in [2.05, 4.69) is 81.2 Å². The average Bonchev–Trinajstić information content (AvgIpc) is 2.52. The van der Waals surface area contributed by atoms with Crippen LogP contribution in [0.2, 0.25) is 0 Å². The largest absolute Gasteiger partial charge is 0.268 e. The van der Waals surface area contributed by atoms with E-state index in [-0.39, 0.29) is 0 Å². The van der Waals surface area contributed by atoms with Crippen LogP contribution in [0.3, 0.4) is 0 Å². The van der Waals surface area contributed by atoms with E-state index >= 15 is 0 Å². The normalized spacial score (nSPS) is 14.8. The topological polar surface area (TPSA) is 3.01 Å². The molecule has 1 heterocycles. The van der Waals surface area contributed by atoms with Gasteiger partial charge in [0.25, 0.3) is 0 Å². The quantitative estimate of drug-likeness (QED) is 0.551. The van der Waals surface area contributed by atoms with Crippen molar-refractivity contribution in [3.8, 4) is 0 Å². The zero-order valence-corrected chi connectivity index (χ0v) is 12.5. The molecule has 0 spiro atoms. The highest BCUT2D eigenvalue weighted by Gasteiger charge is 2.22. The first-order chi connectivity index (χ1) is 10.2. The predicted octanol–water partition coefficient (Wildman–Crippen LogP) is 4.70. The molecule has 0 aromatic heterocycles. The first-order valence-corrected chi connectivity index (χ1v) is 7.16. The fraction of sp³-hybridized carbons (Fsp3) is 0.100. The molecule has 0 radical (unpaired) electrons. The van der Waals surface area contributed by atoms with Gasteiger partial charge in [0.1, 0.15) is 11.7 Å². The summed E-state index contributed by atoms with van der Waals surface area (Å²) in [6.45, 7) is 8.50. The van der Waals surface area contributed by atoms with Gasteiger partial charge >= 0.3 is 0 Å². The summed E-state index contributed by atoms with van der Waals surface area (Å²) >= 11 is 0. The van der Waals surface area contributed by atoms with Crippen LogP contribution in [0.4, 0.5) is 0 Å². The Hall–Kier alpha value is -2.54. The third-order valence-corrected chi connectivity index (χ3v) is 4.00. The summed E-state index contributed by atoms with van der Waals surface area (Å²) in [5.41, 5.74) is 6.09. The maximum atomic E-state index is 4.24. The van der Waals surface area contributed by atoms with E-state index in [1.165, 1.54) is 28.3 Å². The maximum Gasteiger partial charge on any atom is 0.148 e. The van der Waals surface area contributed by atoms with Crippen LogP contribution in [-0.4, -0.2) is 11.3 Å². The Kier molecular flexibility index (Phi) is 3.49. The van der Waals surface area contributed by atoms with Gasteiger partial charge in [-0.2, -0.15) is 0 Å². The Morgan fingerprint density at radius 1 is 0.905 bits per heavy atom. The highest BCUT2D eigenvalue weighted by molar-refractivity contribution is 5.81. The molecule has 2 aromatic rings. The Bertz CT molecular complexity index is 735. The monoisotopic (exact) mass is 273 g/mol. The van der Waals surface area contributed by atoms with Crippen molar-refractivity contribution in [2.24, 2.45) is 0 Å². The highest BCUT2D eigenvalue weighted by atomic mass is 15.0. The molecular formula is C20H19N. The Morgan fingerprint density at radius 3 is 2.29 bits per heavy atom. The van der Waals surface area contributed by atoms with Crippen molar-refractivity contribution in [1.29, 1.82) is 0 Å². The van der Waals surface area contributed by atoms with E-state index in [4.69, 9.17) is 0 Å². The molecule has 0 fully saturated rings. The van der Waals surface area contributed by atoms with Crippen LogP contribution < -0.4 is 0 Å². The molecule has 0 N–H and O–H groups in total. The number of nitrogens with zero attached hydrogens (tertiary/aromatic N) is 1.